The number of rotatable bonds is 10. The molecule has 6 aliphatic rings. The Bertz CT molecular complexity index is 2510. The number of anilines is 4. The van der Waals surface area contributed by atoms with E-state index in [1.807, 2.05) is 30.0 Å². The van der Waals surface area contributed by atoms with Crippen LogP contribution in [0.4, 0.5) is 22.7 Å². The fourth-order valence-electron chi connectivity index (χ4n) is 9.50. The summed E-state index contributed by atoms with van der Waals surface area (Å²) in [6.45, 7) is 16.3. The first-order chi connectivity index (χ1) is 28.8. The minimum atomic E-state index is -0.0157. The smallest absolute Gasteiger partial charge is 0.0656 e. The highest BCUT2D eigenvalue weighted by molar-refractivity contribution is 7.99. The number of hydrogen-bond donors (Lipinski definition) is 0. The normalized spacial score (nSPS) is 21.8. The topological polar surface area (TPSA) is 9.72 Å². The molecule has 0 amide bonds. The van der Waals surface area contributed by atoms with E-state index < -0.39 is 0 Å². The van der Waals surface area contributed by atoms with Gasteiger partial charge in [0.1, 0.15) is 0 Å². The standard InChI is InChI=1S/C55H53N3S/c1-6-7-8-9-18-37-56-47-19-10-12-21-49(47)58(50-22-13-11-20-48(50)56)43-33-30-41(31-34-43)28-29-42-32-36-45-44(40(3)55(4,5)46(45)38-42)35-27-39(2)57-51-23-14-16-25-53(51)59-54-26-17-15-24-52(54)57/h6-12,14-21,23-33,35,38,43,45H,1-2,13,22,34,36-37H2,3-5H3/b8-7-,18-9-,29-28+,35-27-. The zero-order chi connectivity index (χ0) is 40.5. The van der Waals surface area contributed by atoms with Crippen LogP contribution in [0.15, 0.2) is 238 Å². The average molecular weight is 788 g/mol. The molecule has 9 rings (SSSR count). The molecule has 0 N–H and O–H groups in total. The van der Waals surface area contributed by atoms with E-state index in [-0.39, 0.29) is 11.5 Å². The SMILES string of the molecule is C=C/C=C\C=C/CN1C2=C(CCC=C2)N(C2C=CC(/C=C/C3=CCC4C(=C3)C(C)(C)C(C)=C4/C=C\C(=C)N3c4ccccc4Sc4ccccc43)=CC2)c2ccccc21. The maximum Gasteiger partial charge on any atom is 0.0656 e. The monoisotopic (exact) mass is 787 g/mol. The van der Waals surface area contributed by atoms with Crippen LogP contribution in [0.1, 0.15) is 46.5 Å². The molecule has 0 aromatic heterocycles. The van der Waals surface area contributed by atoms with Gasteiger partial charge in [-0.1, -0.05) is 171 Å². The lowest BCUT2D eigenvalue weighted by Crippen LogP contribution is -2.42. The van der Waals surface area contributed by atoms with Gasteiger partial charge in [-0.3, -0.25) is 0 Å². The zero-order valence-corrected chi connectivity index (χ0v) is 35.3. The van der Waals surface area contributed by atoms with Crippen molar-refractivity contribution >= 4 is 34.5 Å². The molecule has 294 valence electrons. The van der Waals surface area contributed by atoms with Crippen molar-refractivity contribution in [3.63, 3.8) is 0 Å². The van der Waals surface area contributed by atoms with Crippen molar-refractivity contribution < 1.29 is 0 Å². The van der Waals surface area contributed by atoms with Crippen LogP contribution in [0.3, 0.4) is 0 Å². The third-order valence-electron chi connectivity index (χ3n) is 12.8. The minimum absolute atomic E-state index is 0.0157. The summed E-state index contributed by atoms with van der Waals surface area (Å²) < 4.78 is 0. The van der Waals surface area contributed by atoms with Crippen molar-refractivity contribution in [3.05, 3.63) is 228 Å². The highest BCUT2D eigenvalue weighted by Crippen LogP contribution is 2.54. The first kappa shape index (κ1) is 38.5. The first-order valence-electron chi connectivity index (χ1n) is 21.1. The van der Waals surface area contributed by atoms with Crippen LogP contribution >= 0.6 is 11.8 Å². The molecule has 0 fully saturated rings. The van der Waals surface area contributed by atoms with Gasteiger partial charge in [-0.25, -0.2) is 0 Å². The van der Waals surface area contributed by atoms with Crippen molar-refractivity contribution in [1.82, 2.24) is 0 Å². The summed E-state index contributed by atoms with van der Waals surface area (Å²) in [5.74, 6) is 0.375. The van der Waals surface area contributed by atoms with E-state index in [0.29, 0.717) is 5.92 Å². The van der Waals surface area contributed by atoms with Crippen LogP contribution in [0, 0.1) is 11.3 Å². The second kappa shape index (κ2) is 16.4. The Morgan fingerprint density at radius 2 is 1.51 bits per heavy atom. The molecule has 0 spiro atoms. The van der Waals surface area contributed by atoms with Gasteiger partial charge in [-0.15, -0.1) is 0 Å². The summed E-state index contributed by atoms with van der Waals surface area (Å²) in [6, 6.07) is 26.4. The van der Waals surface area contributed by atoms with Crippen LogP contribution in [-0.4, -0.2) is 12.6 Å². The summed E-state index contributed by atoms with van der Waals surface area (Å²) >= 11 is 1.83. The summed E-state index contributed by atoms with van der Waals surface area (Å²) in [5.41, 5.74) is 15.6. The van der Waals surface area contributed by atoms with Crippen LogP contribution < -0.4 is 14.7 Å². The number of para-hydroxylation sites is 4. The predicted molar refractivity (Wildman–Crippen MR) is 253 cm³/mol. The molecule has 59 heavy (non-hydrogen) atoms. The molecule has 3 aromatic rings. The van der Waals surface area contributed by atoms with Gasteiger partial charge in [-0.2, -0.15) is 0 Å². The summed E-state index contributed by atoms with van der Waals surface area (Å²) in [7, 11) is 0. The lowest BCUT2D eigenvalue weighted by atomic mass is 9.76. The van der Waals surface area contributed by atoms with E-state index in [9.17, 15) is 0 Å². The Morgan fingerprint density at radius 1 is 0.814 bits per heavy atom. The summed E-state index contributed by atoms with van der Waals surface area (Å²) in [6.07, 6.45) is 40.1. The molecule has 0 saturated carbocycles. The van der Waals surface area contributed by atoms with Gasteiger partial charge in [-0.05, 0) is 97.9 Å². The first-order valence-corrected chi connectivity index (χ1v) is 21.9. The van der Waals surface area contributed by atoms with Gasteiger partial charge in [0, 0.05) is 39.1 Å². The van der Waals surface area contributed by atoms with Crippen LogP contribution in [0.5, 0.6) is 0 Å². The molecular formula is C55H53N3S. The summed E-state index contributed by atoms with van der Waals surface area (Å²) in [5, 5.41) is 0. The Kier molecular flexibility index (Phi) is 10.7. The minimum Gasteiger partial charge on any atom is -0.334 e. The van der Waals surface area contributed by atoms with Crippen molar-refractivity contribution in [1.29, 1.82) is 0 Å². The summed E-state index contributed by atoms with van der Waals surface area (Å²) in [4.78, 5) is 9.90. The molecule has 2 aliphatic heterocycles. The van der Waals surface area contributed by atoms with Gasteiger partial charge < -0.3 is 14.7 Å². The third-order valence-corrected chi connectivity index (χ3v) is 13.9. The molecule has 4 heteroatoms. The van der Waals surface area contributed by atoms with Crippen LogP contribution in [0.25, 0.3) is 0 Å². The predicted octanol–water partition coefficient (Wildman–Crippen LogP) is 14.6. The van der Waals surface area contributed by atoms with E-state index in [2.05, 4.69) is 200 Å². The van der Waals surface area contributed by atoms with Gasteiger partial charge in [0.15, 0.2) is 0 Å². The van der Waals surface area contributed by atoms with Crippen molar-refractivity contribution in [2.24, 2.45) is 11.3 Å². The largest absolute Gasteiger partial charge is 0.334 e. The maximum atomic E-state index is 4.61. The Morgan fingerprint density at radius 3 is 2.24 bits per heavy atom. The van der Waals surface area contributed by atoms with Gasteiger partial charge in [0.25, 0.3) is 0 Å². The van der Waals surface area contributed by atoms with Gasteiger partial charge >= 0.3 is 0 Å². The van der Waals surface area contributed by atoms with E-state index in [1.165, 1.54) is 71.8 Å². The van der Waals surface area contributed by atoms with Crippen molar-refractivity contribution in [2.75, 3.05) is 21.2 Å². The molecule has 3 nitrogen and oxygen atoms in total. The highest BCUT2D eigenvalue weighted by Gasteiger charge is 2.41. The Balaban J connectivity index is 0.898. The molecule has 3 aromatic carbocycles. The van der Waals surface area contributed by atoms with Crippen LogP contribution in [-0.2, 0) is 0 Å². The number of fused-ring (bicyclic) bond motifs is 4. The second-order valence-electron chi connectivity index (χ2n) is 16.5. The second-order valence-corrected chi connectivity index (χ2v) is 17.6. The molecule has 0 bridgehead atoms. The van der Waals surface area contributed by atoms with E-state index in [4.69, 9.17) is 0 Å². The van der Waals surface area contributed by atoms with Crippen molar-refractivity contribution in [3.8, 4) is 0 Å². The van der Waals surface area contributed by atoms with Gasteiger partial charge in [0.2, 0.25) is 0 Å². The van der Waals surface area contributed by atoms with Gasteiger partial charge in [0.05, 0.1) is 34.5 Å². The lowest BCUT2D eigenvalue weighted by molar-refractivity contribution is 0.519. The number of benzene rings is 3. The molecule has 2 atom stereocenters. The fraction of sp³-hybridized carbons (Fsp3) is 0.200. The third kappa shape index (κ3) is 7.25. The fourth-order valence-corrected chi connectivity index (χ4v) is 10.6. The average Bonchev–Trinajstić information content (AvgIpc) is 3.46. The number of nitrogens with zero attached hydrogens (tertiary/aromatic N) is 3. The molecule has 4 aliphatic carbocycles. The Labute approximate surface area is 355 Å². The molecular weight excluding hydrogens is 735 g/mol. The molecule has 0 radical (unpaired) electrons. The lowest BCUT2D eigenvalue weighted by Gasteiger charge is -2.45. The molecule has 0 saturated heterocycles. The van der Waals surface area contributed by atoms with E-state index >= 15 is 0 Å². The van der Waals surface area contributed by atoms with E-state index in [1.54, 1.807) is 0 Å². The number of hydrogen-bond acceptors (Lipinski definition) is 4. The number of allylic oxidation sites excluding steroid dienone is 19. The molecule has 2 unspecified atom stereocenters. The highest BCUT2D eigenvalue weighted by atomic mass is 32.2. The molecule has 2 heterocycles. The van der Waals surface area contributed by atoms with E-state index in [0.717, 1.165) is 37.9 Å². The van der Waals surface area contributed by atoms with Crippen molar-refractivity contribution in [2.45, 2.75) is 62.3 Å². The quantitative estimate of drug-likeness (QED) is 0.189. The Hall–Kier alpha value is -5.97. The maximum absolute atomic E-state index is 4.61. The van der Waals surface area contributed by atoms with Crippen LogP contribution in [0.2, 0.25) is 0 Å². The zero-order valence-electron chi connectivity index (χ0n) is 34.5.